The Morgan fingerprint density at radius 2 is 1.80 bits per heavy atom. The van der Waals surface area contributed by atoms with Crippen LogP contribution in [0.4, 0.5) is 0 Å². The molecule has 0 saturated carbocycles. The van der Waals surface area contributed by atoms with Crippen molar-refractivity contribution in [3.63, 3.8) is 0 Å². The van der Waals surface area contributed by atoms with Crippen molar-refractivity contribution in [1.29, 1.82) is 0 Å². The highest BCUT2D eigenvalue weighted by atomic mass is 127. The van der Waals surface area contributed by atoms with Crippen molar-refractivity contribution in [1.82, 2.24) is 0 Å². The first-order valence-electron chi connectivity index (χ1n) is 3.09. The van der Waals surface area contributed by atoms with Crippen LogP contribution in [0.2, 0.25) is 0 Å². The first-order valence-corrected chi connectivity index (χ1v) is 5.86. The second kappa shape index (κ2) is 4.54. The highest BCUT2D eigenvalue weighted by Gasteiger charge is 2.01. The van der Waals surface area contributed by atoms with Crippen molar-refractivity contribution in [2.75, 3.05) is 4.43 Å². The molecular weight excluding hydrogens is 350 g/mol. The Hall–Kier alpha value is 0.680. The first-order chi connectivity index (χ1) is 4.84. The fraction of sp³-hybridized carbons (Fsp3) is 0.250. The summed E-state index contributed by atoms with van der Waals surface area (Å²) in [5.41, 5.74) is 1.43. The molecule has 0 nitrogen and oxygen atoms in total. The Kier molecular flexibility index (Phi) is 3.98. The standard InChI is InChI=1S/C8H8I2/c9-6-8(10)7-4-2-1-3-5-7/h1-5,8H,6H2. The van der Waals surface area contributed by atoms with Gasteiger partial charge in [0.1, 0.15) is 0 Å². The molecule has 0 fully saturated rings. The Morgan fingerprint density at radius 3 is 2.30 bits per heavy atom. The summed E-state index contributed by atoms with van der Waals surface area (Å²) in [5, 5.41) is 0. The van der Waals surface area contributed by atoms with Crippen LogP contribution in [-0.4, -0.2) is 4.43 Å². The van der Waals surface area contributed by atoms with Crippen LogP contribution in [0.3, 0.4) is 0 Å². The third kappa shape index (κ3) is 2.38. The van der Waals surface area contributed by atoms with Crippen LogP contribution in [0.5, 0.6) is 0 Å². The summed E-state index contributed by atoms with van der Waals surface area (Å²) in [6, 6.07) is 10.6. The molecule has 0 aliphatic heterocycles. The molecule has 54 valence electrons. The Balaban J connectivity index is 2.75. The van der Waals surface area contributed by atoms with Gasteiger partial charge in [-0.25, -0.2) is 0 Å². The van der Waals surface area contributed by atoms with Gasteiger partial charge in [0.15, 0.2) is 0 Å². The first kappa shape index (κ1) is 8.77. The van der Waals surface area contributed by atoms with E-state index in [9.17, 15) is 0 Å². The molecule has 1 aromatic carbocycles. The lowest BCUT2D eigenvalue weighted by atomic mass is 10.2. The third-order valence-corrected chi connectivity index (χ3v) is 5.02. The number of rotatable bonds is 2. The molecule has 0 radical (unpaired) electrons. The minimum Gasteiger partial charge on any atom is -0.0849 e. The molecular formula is C8H8I2. The molecule has 0 N–H and O–H groups in total. The van der Waals surface area contributed by atoms with E-state index >= 15 is 0 Å². The molecule has 0 saturated heterocycles. The molecule has 0 spiro atoms. The van der Waals surface area contributed by atoms with Gasteiger partial charge in [0, 0.05) is 8.35 Å². The van der Waals surface area contributed by atoms with Gasteiger partial charge in [-0.2, -0.15) is 0 Å². The fourth-order valence-electron chi connectivity index (χ4n) is 0.751. The average Bonchev–Trinajstić information content (AvgIpc) is 2.05. The maximum atomic E-state index is 2.46. The molecule has 10 heavy (non-hydrogen) atoms. The lowest BCUT2D eigenvalue weighted by Crippen LogP contribution is -1.87. The molecule has 2 heteroatoms. The van der Waals surface area contributed by atoms with Crippen LogP contribution in [0.15, 0.2) is 30.3 Å². The van der Waals surface area contributed by atoms with Gasteiger partial charge in [0.05, 0.1) is 0 Å². The number of halogens is 2. The summed E-state index contributed by atoms with van der Waals surface area (Å²) in [5.74, 6) is 0. The summed E-state index contributed by atoms with van der Waals surface area (Å²) < 4.78 is 1.85. The predicted octanol–water partition coefficient (Wildman–Crippen LogP) is 3.60. The zero-order chi connectivity index (χ0) is 7.40. The van der Waals surface area contributed by atoms with E-state index in [0.717, 1.165) is 0 Å². The molecule has 0 aromatic heterocycles. The summed E-state index contributed by atoms with van der Waals surface area (Å²) in [6.45, 7) is 0. The van der Waals surface area contributed by atoms with Gasteiger partial charge in [0.2, 0.25) is 0 Å². The van der Waals surface area contributed by atoms with Crippen molar-refractivity contribution >= 4 is 45.2 Å². The summed E-state index contributed by atoms with van der Waals surface area (Å²) in [6.07, 6.45) is 0. The summed E-state index contributed by atoms with van der Waals surface area (Å²) in [7, 11) is 0. The van der Waals surface area contributed by atoms with Gasteiger partial charge >= 0.3 is 0 Å². The highest BCUT2D eigenvalue weighted by Crippen LogP contribution is 2.24. The van der Waals surface area contributed by atoms with E-state index in [2.05, 4.69) is 75.5 Å². The van der Waals surface area contributed by atoms with E-state index in [4.69, 9.17) is 0 Å². The Morgan fingerprint density at radius 1 is 1.20 bits per heavy atom. The Bertz CT molecular complexity index is 184. The second-order valence-corrected chi connectivity index (χ2v) is 4.42. The molecule has 0 amide bonds. The van der Waals surface area contributed by atoms with Gasteiger partial charge in [-0.05, 0) is 5.56 Å². The van der Waals surface area contributed by atoms with Gasteiger partial charge in [-0.15, -0.1) is 0 Å². The monoisotopic (exact) mass is 358 g/mol. The second-order valence-electron chi connectivity index (χ2n) is 2.03. The van der Waals surface area contributed by atoms with Gasteiger partial charge in [-0.3, -0.25) is 0 Å². The maximum Gasteiger partial charge on any atom is 0.0448 e. The van der Waals surface area contributed by atoms with Crippen LogP contribution in [0, 0.1) is 0 Å². The van der Waals surface area contributed by atoms with Crippen molar-refractivity contribution in [2.45, 2.75) is 3.92 Å². The summed E-state index contributed by atoms with van der Waals surface area (Å²) >= 11 is 4.87. The number of alkyl halides is 2. The van der Waals surface area contributed by atoms with Crippen LogP contribution >= 0.6 is 45.2 Å². The predicted molar refractivity (Wildman–Crippen MR) is 62.1 cm³/mol. The zero-order valence-corrected chi connectivity index (χ0v) is 9.74. The van der Waals surface area contributed by atoms with Gasteiger partial charge < -0.3 is 0 Å². The van der Waals surface area contributed by atoms with Crippen molar-refractivity contribution in [2.24, 2.45) is 0 Å². The van der Waals surface area contributed by atoms with Crippen LogP contribution < -0.4 is 0 Å². The van der Waals surface area contributed by atoms with E-state index in [1.807, 2.05) is 0 Å². The lowest BCUT2D eigenvalue weighted by molar-refractivity contribution is 1.19. The highest BCUT2D eigenvalue weighted by molar-refractivity contribution is 14.1. The van der Waals surface area contributed by atoms with Crippen LogP contribution in [0.25, 0.3) is 0 Å². The molecule has 1 unspecified atom stereocenters. The number of benzene rings is 1. The van der Waals surface area contributed by atoms with Crippen LogP contribution in [0.1, 0.15) is 9.49 Å². The van der Waals surface area contributed by atoms with E-state index in [1.54, 1.807) is 0 Å². The molecule has 0 heterocycles. The summed E-state index contributed by atoms with van der Waals surface area (Å²) in [4.78, 5) is 0. The SMILES string of the molecule is ICC(I)c1ccccc1. The normalized spacial score (nSPS) is 13.0. The number of hydrogen-bond donors (Lipinski definition) is 0. The van der Waals surface area contributed by atoms with E-state index in [-0.39, 0.29) is 0 Å². The molecule has 1 rings (SSSR count). The zero-order valence-electron chi connectivity index (χ0n) is 5.43. The molecule has 1 atom stereocenters. The van der Waals surface area contributed by atoms with Gasteiger partial charge in [0.25, 0.3) is 0 Å². The number of hydrogen-bond acceptors (Lipinski definition) is 0. The van der Waals surface area contributed by atoms with Crippen LogP contribution in [-0.2, 0) is 0 Å². The minimum absolute atomic E-state index is 0.666. The topological polar surface area (TPSA) is 0 Å². The molecule has 0 aliphatic rings. The quantitative estimate of drug-likeness (QED) is 0.560. The average molecular weight is 358 g/mol. The van der Waals surface area contributed by atoms with Crippen molar-refractivity contribution in [3.05, 3.63) is 35.9 Å². The van der Waals surface area contributed by atoms with E-state index < -0.39 is 0 Å². The fourth-order valence-corrected chi connectivity index (χ4v) is 1.67. The van der Waals surface area contributed by atoms with Crippen molar-refractivity contribution in [3.8, 4) is 0 Å². The third-order valence-electron chi connectivity index (χ3n) is 1.30. The lowest BCUT2D eigenvalue weighted by Gasteiger charge is -2.03. The molecule has 0 aliphatic carbocycles. The van der Waals surface area contributed by atoms with Crippen molar-refractivity contribution < 1.29 is 0 Å². The smallest absolute Gasteiger partial charge is 0.0448 e. The van der Waals surface area contributed by atoms with E-state index in [0.29, 0.717) is 3.92 Å². The molecule has 1 aromatic rings. The molecule has 0 bridgehead atoms. The maximum absolute atomic E-state index is 2.46. The van der Waals surface area contributed by atoms with E-state index in [1.165, 1.54) is 9.99 Å². The largest absolute Gasteiger partial charge is 0.0849 e. The Labute approximate surface area is 88.7 Å². The van der Waals surface area contributed by atoms with Gasteiger partial charge in [-0.1, -0.05) is 75.5 Å². The minimum atomic E-state index is 0.666.